The Morgan fingerprint density at radius 2 is 1.90 bits per heavy atom. The molecule has 0 aliphatic carbocycles. The van der Waals surface area contributed by atoms with Crippen molar-refractivity contribution in [3.63, 3.8) is 0 Å². The first-order chi connectivity index (χ1) is 14.1. The smallest absolute Gasteiger partial charge is 0.315 e. The fourth-order valence-corrected chi connectivity index (χ4v) is 5.47. The fraction of sp³-hybridized carbons (Fsp3) is 0.458. The Morgan fingerprint density at radius 3 is 2.69 bits per heavy atom. The first-order valence-electron chi connectivity index (χ1n) is 10.9. The Hall–Kier alpha value is -2.53. The number of urea groups is 1. The number of likely N-dealkylation sites (tertiary alicyclic amines) is 1. The van der Waals surface area contributed by atoms with Gasteiger partial charge in [0.25, 0.3) is 0 Å². The van der Waals surface area contributed by atoms with Gasteiger partial charge in [0.05, 0.1) is 6.04 Å². The summed E-state index contributed by atoms with van der Waals surface area (Å²) in [4.78, 5) is 14.3. The standard InChI is InChI=1S/C24H30N4O/c1-3-28-21-9-5-4-8-19(21)20-13-17(10-11-22(20)28)14-27-12-6-7-18(15-27)23-16(2)25-24(29)26-23/h4-5,8-11,13,16,18,23H,3,6-7,12,14-15H2,1-2H3,(H2,25,26,29). The maximum atomic E-state index is 11.7. The van der Waals surface area contributed by atoms with Crippen LogP contribution in [0.4, 0.5) is 4.79 Å². The van der Waals surface area contributed by atoms with Crippen LogP contribution in [0.5, 0.6) is 0 Å². The van der Waals surface area contributed by atoms with Gasteiger partial charge in [0.1, 0.15) is 0 Å². The number of amides is 2. The second kappa shape index (κ2) is 7.38. The van der Waals surface area contributed by atoms with Crippen LogP contribution in [0.3, 0.4) is 0 Å². The maximum Gasteiger partial charge on any atom is 0.315 e. The van der Waals surface area contributed by atoms with E-state index in [1.807, 2.05) is 0 Å². The summed E-state index contributed by atoms with van der Waals surface area (Å²) in [5.41, 5.74) is 4.01. The number of carbonyl (C=O) groups is 1. The molecule has 29 heavy (non-hydrogen) atoms. The van der Waals surface area contributed by atoms with E-state index in [0.29, 0.717) is 5.92 Å². The summed E-state index contributed by atoms with van der Waals surface area (Å²) in [7, 11) is 0. The summed E-state index contributed by atoms with van der Waals surface area (Å²) in [6.07, 6.45) is 2.39. The Morgan fingerprint density at radius 1 is 1.07 bits per heavy atom. The van der Waals surface area contributed by atoms with Gasteiger partial charge in [0.15, 0.2) is 0 Å². The molecule has 1 aromatic heterocycles. The second-order valence-electron chi connectivity index (χ2n) is 8.68. The number of aryl methyl sites for hydroxylation is 1. The summed E-state index contributed by atoms with van der Waals surface area (Å²) in [5.74, 6) is 0.517. The van der Waals surface area contributed by atoms with Gasteiger partial charge in [0.2, 0.25) is 0 Å². The molecule has 152 valence electrons. The predicted octanol–water partition coefficient (Wildman–Crippen LogP) is 4.10. The molecule has 0 spiro atoms. The van der Waals surface area contributed by atoms with Gasteiger partial charge in [-0.25, -0.2) is 4.79 Å². The van der Waals surface area contributed by atoms with Crippen molar-refractivity contribution in [3.8, 4) is 0 Å². The van der Waals surface area contributed by atoms with Crippen LogP contribution in [-0.2, 0) is 13.1 Å². The van der Waals surface area contributed by atoms with Crippen molar-refractivity contribution in [2.24, 2.45) is 5.92 Å². The van der Waals surface area contributed by atoms with Crippen molar-refractivity contribution in [2.75, 3.05) is 13.1 Å². The minimum atomic E-state index is -0.0163. The number of carbonyl (C=O) groups excluding carboxylic acids is 1. The highest BCUT2D eigenvalue weighted by atomic mass is 16.2. The Labute approximate surface area is 172 Å². The van der Waals surface area contributed by atoms with Crippen molar-refractivity contribution < 1.29 is 4.79 Å². The van der Waals surface area contributed by atoms with Crippen molar-refractivity contribution in [1.82, 2.24) is 20.1 Å². The summed E-state index contributed by atoms with van der Waals surface area (Å²) < 4.78 is 2.41. The van der Waals surface area contributed by atoms with Crippen LogP contribution < -0.4 is 10.6 Å². The SMILES string of the molecule is CCn1c2ccccc2c2cc(CN3CCCC(C4NC(=O)NC4C)C3)ccc21. The molecular formula is C24H30N4O. The lowest BCUT2D eigenvalue weighted by Crippen LogP contribution is -2.47. The Balaban J connectivity index is 1.39. The number of para-hydroxylation sites is 1. The van der Waals surface area contributed by atoms with Gasteiger partial charge in [-0.05, 0) is 62.9 Å². The van der Waals surface area contributed by atoms with Crippen LogP contribution in [0.2, 0.25) is 0 Å². The van der Waals surface area contributed by atoms with Gasteiger partial charge in [-0.3, -0.25) is 4.90 Å². The van der Waals surface area contributed by atoms with E-state index in [1.54, 1.807) is 0 Å². The van der Waals surface area contributed by atoms with E-state index in [4.69, 9.17) is 0 Å². The minimum absolute atomic E-state index is 0.0163. The van der Waals surface area contributed by atoms with Crippen LogP contribution in [-0.4, -0.2) is 40.7 Å². The third kappa shape index (κ3) is 3.27. The quantitative estimate of drug-likeness (QED) is 0.705. The Kier molecular flexibility index (Phi) is 4.70. The molecule has 0 bridgehead atoms. The number of aromatic nitrogens is 1. The van der Waals surface area contributed by atoms with Crippen molar-refractivity contribution >= 4 is 27.8 Å². The molecular weight excluding hydrogens is 360 g/mol. The van der Waals surface area contributed by atoms with E-state index in [9.17, 15) is 4.79 Å². The number of hydrogen-bond acceptors (Lipinski definition) is 2. The largest absolute Gasteiger partial charge is 0.341 e. The van der Waals surface area contributed by atoms with Crippen molar-refractivity contribution in [3.05, 3.63) is 48.0 Å². The predicted molar refractivity (Wildman–Crippen MR) is 118 cm³/mol. The molecule has 5 rings (SSSR count). The van der Waals surface area contributed by atoms with Crippen LogP contribution in [0.25, 0.3) is 21.8 Å². The highest BCUT2D eigenvalue weighted by Crippen LogP contribution is 2.31. The summed E-state index contributed by atoms with van der Waals surface area (Å²) in [6, 6.07) is 16.1. The van der Waals surface area contributed by atoms with E-state index in [-0.39, 0.29) is 18.1 Å². The molecule has 2 aliphatic rings. The molecule has 2 aromatic carbocycles. The van der Waals surface area contributed by atoms with Crippen molar-refractivity contribution in [1.29, 1.82) is 0 Å². The van der Waals surface area contributed by atoms with E-state index in [0.717, 1.165) is 26.2 Å². The maximum absolute atomic E-state index is 11.7. The first-order valence-corrected chi connectivity index (χ1v) is 10.9. The molecule has 3 atom stereocenters. The number of piperidine rings is 1. The van der Waals surface area contributed by atoms with Gasteiger partial charge < -0.3 is 15.2 Å². The topological polar surface area (TPSA) is 49.3 Å². The molecule has 5 heteroatoms. The van der Waals surface area contributed by atoms with E-state index in [1.165, 1.54) is 40.2 Å². The third-order valence-electron chi connectivity index (χ3n) is 6.80. The molecule has 3 heterocycles. The zero-order valence-electron chi connectivity index (χ0n) is 17.3. The van der Waals surface area contributed by atoms with Crippen LogP contribution in [0.1, 0.15) is 32.3 Å². The highest BCUT2D eigenvalue weighted by molar-refractivity contribution is 6.08. The third-order valence-corrected chi connectivity index (χ3v) is 6.80. The van der Waals surface area contributed by atoms with E-state index < -0.39 is 0 Å². The van der Waals surface area contributed by atoms with Gasteiger partial charge in [-0.2, -0.15) is 0 Å². The lowest BCUT2D eigenvalue weighted by molar-refractivity contribution is 0.141. The summed E-state index contributed by atoms with van der Waals surface area (Å²) in [6.45, 7) is 8.46. The van der Waals surface area contributed by atoms with Crippen LogP contribution >= 0.6 is 0 Å². The summed E-state index contributed by atoms with van der Waals surface area (Å²) >= 11 is 0. The highest BCUT2D eigenvalue weighted by Gasteiger charge is 2.36. The molecule has 2 N–H and O–H groups in total. The first kappa shape index (κ1) is 18.5. The van der Waals surface area contributed by atoms with E-state index >= 15 is 0 Å². The van der Waals surface area contributed by atoms with Crippen LogP contribution in [0.15, 0.2) is 42.5 Å². The monoisotopic (exact) mass is 390 g/mol. The molecule has 0 radical (unpaired) electrons. The molecule has 2 amide bonds. The summed E-state index contributed by atoms with van der Waals surface area (Å²) in [5, 5.41) is 8.83. The zero-order valence-corrected chi connectivity index (χ0v) is 17.3. The molecule has 3 aromatic rings. The number of benzene rings is 2. The van der Waals surface area contributed by atoms with Gasteiger partial charge >= 0.3 is 6.03 Å². The number of fused-ring (bicyclic) bond motifs is 3. The molecule has 0 saturated carbocycles. The molecule has 2 saturated heterocycles. The molecule has 5 nitrogen and oxygen atoms in total. The number of nitrogens with zero attached hydrogens (tertiary/aromatic N) is 2. The molecule has 3 unspecified atom stereocenters. The van der Waals surface area contributed by atoms with Gasteiger partial charge in [-0.15, -0.1) is 0 Å². The minimum Gasteiger partial charge on any atom is -0.341 e. The number of hydrogen-bond donors (Lipinski definition) is 2. The lowest BCUT2D eigenvalue weighted by Gasteiger charge is -2.36. The molecule has 2 aliphatic heterocycles. The van der Waals surface area contributed by atoms with Gasteiger partial charge in [-0.1, -0.05) is 24.3 Å². The fourth-order valence-electron chi connectivity index (χ4n) is 5.47. The second-order valence-corrected chi connectivity index (χ2v) is 8.68. The normalized spacial score (nSPS) is 25.4. The zero-order chi connectivity index (χ0) is 20.0. The van der Waals surface area contributed by atoms with E-state index in [2.05, 4.69) is 76.4 Å². The van der Waals surface area contributed by atoms with Crippen LogP contribution in [0, 0.1) is 5.92 Å². The average molecular weight is 391 g/mol. The van der Waals surface area contributed by atoms with Gasteiger partial charge in [0, 0.05) is 47.5 Å². The number of nitrogens with one attached hydrogen (secondary N) is 2. The molecule has 2 fully saturated rings. The van der Waals surface area contributed by atoms with Crippen molar-refractivity contribution in [2.45, 2.75) is 51.9 Å². The lowest BCUT2D eigenvalue weighted by atomic mass is 9.87. The average Bonchev–Trinajstić information content (AvgIpc) is 3.24. The Bertz CT molecular complexity index is 1060. The number of rotatable bonds is 4.